The Labute approximate surface area is 122 Å². The maximum atomic E-state index is 10.8. The van der Waals surface area contributed by atoms with E-state index in [0.717, 1.165) is 31.6 Å². The summed E-state index contributed by atoms with van der Waals surface area (Å²) in [5.41, 5.74) is 0.931. The van der Waals surface area contributed by atoms with Crippen molar-refractivity contribution < 1.29 is 19.6 Å². The lowest BCUT2D eigenvalue weighted by Gasteiger charge is -2.33. The van der Waals surface area contributed by atoms with E-state index < -0.39 is 10.9 Å². The second kappa shape index (κ2) is 7.03. The molecule has 0 unspecified atom stereocenters. The van der Waals surface area contributed by atoms with E-state index in [9.17, 15) is 14.9 Å². The molecule has 7 heteroatoms. The number of anilines is 1. The third kappa shape index (κ3) is 4.42. The highest BCUT2D eigenvalue weighted by Gasteiger charge is 2.21. The van der Waals surface area contributed by atoms with Crippen LogP contribution in [0.2, 0.25) is 0 Å². The quantitative estimate of drug-likeness (QED) is 0.637. The minimum atomic E-state index is -0.857. The molecule has 1 N–H and O–H groups in total. The second-order valence-corrected chi connectivity index (χ2v) is 4.98. The molecule has 0 saturated carbocycles. The Morgan fingerprint density at radius 1 is 1.43 bits per heavy atom. The maximum absolute atomic E-state index is 10.8. The molecule has 1 fully saturated rings. The van der Waals surface area contributed by atoms with E-state index in [2.05, 4.69) is 4.90 Å². The molecule has 2 rings (SSSR count). The van der Waals surface area contributed by atoms with Crippen molar-refractivity contribution in [2.75, 3.05) is 24.6 Å². The predicted molar refractivity (Wildman–Crippen MR) is 76.5 cm³/mol. The minimum absolute atomic E-state index is 0.0189. The van der Waals surface area contributed by atoms with Gasteiger partial charge in [-0.2, -0.15) is 0 Å². The number of hydrogen-bond donors (Lipinski definition) is 1. The fourth-order valence-electron chi connectivity index (χ4n) is 2.40. The summed E-state index contributed by atoms with van der Waals surface area (Å²) in [4.78, 5) is 22.9. The highest BCUT2D eigenvalue weighted by Crippen LogP contribution is 2.25. The van der Waals surface area contributed by atoms with Crippen molar-refractivity contribution in [3.63, 3.8) is 0 Å². The van der Waals surface area contributed by atoms with Crippen LogP contribution in [0.25, 0.3) is 0 Å². The van der Waals surface area contributed by atoms with E-state index in [1.54, 1.807) is 12.1 Å². The summed E-state index contributed by atoms with van der Waals surface area (Å²) in [5, 5.41) is 19.3. The van der Waals surface area contributed by atoms with Gasteiger partial charge in [-0.05, 0) is 18.9 Å². The first-order chi connectivity index (χ1) is 10.1. The highest BCUT2D eigenvalue weighted by atomic mass is 16.6. The van der Waals surface area contributed by atoms with Crippen LogP contribution in [0.15, 0.2) is 24.3 Å². The first-order valence-electron chi connectivity index (χ1n) is 6.89. The van der Waals surface area contributed by atoms with Gasteiger partial charge in [-0.15, -0.1) is 0 Å². The number of benzene rings is 1. The monoisotopic (exact) mass is 294 g/mol. The van der Waals surface area contributed by atoms with Crippen LogP contribution in [-0.2, 0) is 9.53 Å². The number of non-ortho nitro benzene ring substituents is 1. The lowest BCUT2D eigenvalue weighted by atomic mass is 10.1. The number of aliphatic carboxylic acids is 1. The molecule has 1 heterocycles. The Hall–Kier alpha value is -2.15. The average Bonchev–Trinajstić information content (AvgIpc) is 2.48. The van der Waals surface area contributed by atoms with Crippen molar-refractivity contribution in [2.24, 2.45) is 0 Å². The van der Waals surface area contributed by atoms with Crippen molar-refractivity contribution in [1.29, 1.82) is 0 Å². The van der Waals surface area contributed by atoms with Gasteiger partial charge in [0.25, 0.3) is 5.69 Å². The SMILES string of the molecule is O=C(O)CCOC1CCN(c2cccc([N+](=O)[O-])c2)CC1. The summed E-state index contributed by atoms with van der Waals surface area (Å²) >= 11 is 0. The zero-order valence-corrected chi connectivity index (χ0v) is 11.6. The van der Waals surface area contributed by atoms with Gasteiger partial charge < -0.3 is 14.7 Å². The number of nitro groups is 1. The van der Waals surface area contributed by atoms with Gasteiger partial charge in [0.1, 0.15) is 0 Å². The Balaban J connectivity index is 1.84. The summed E-state index contributed by atoms with van der Waals surface area (Å²) < 4.78 is 5.52. The molecule has 0 radical (unpaired) electrons. The number of piperidine rings is 1. The number of rotatable bonds is 6. The Morgan fingerprint density at radius 2 is 2.14 bits per heavy atom. The highest BCUT2D eigenvalue weighted by molar-refractivity contribution is 5.66. The van der Waals surface area contributed by atoms with Gasteiger partial charge in [0.2, 0.25) is 0 Å². The molecule has 1 saturated heterocycles. The molecule has 114 valence electrons. The Bertz CT molecular complexity index is 512. The predicted octanol–water partition coefficient (Wildman–Crippen LogP) is 2.05. The van der Waals surface area contributed by atoms with E-state index in [4.69, 9.17) is 9.84 Å². The van der Waals surface area contributed by atoms with Gasteiger partial charge in [0.15, 0.2) is 0 Å². The Kier molecular flexibility index (Phi) is 5.10. The summed E-state index contributed by atoms with van der Waals surface area (Å²) in [6.07, 6.45) is 1.68. The van der Waals surface area contributed by atoms with E-state index >= 15 is 0 Å². The lowest BCUT2D eigenvalue weighted by Crippen LogP contribution is -2.37. The summed E-state index contributed by atoms with van der Waals surface area (Å²) in [6.45, 7) is 1.73. The van der Waals surface area contributed by atoms with Gasteiger partial charge >= 0.3 is 5.97 Å². The topological polar surface area (TPSA) is 92.9 Å². The van der Waals surface area contributed by atoms with Crippen molar-refractivity contribution in [3.8, 4) is 0 Å². The molecule has 1 aromatic carbocycles. The molecule has 1 aromatic rings. The molecule has 7 nitrogen and oxygen atoms in total. The van der Waals surface area contributed by atoms with Crippen molar-refractivity contribution in [3.05, 3.63) is 34.4 Å². The molecular formula is C14H18N2O5. The van der Waals surface area contributed by atoms with Gasteiger partial charge in [0.05, 0.1) is 24.1 Å². The third-order valence-electron chi connectivity index (χ3n) is 3.52. The number of ether oxygens (including phenoxy) is 1. The number of nitro benzene ring substituents is 1. The summed E-state index contributed by atoms with van der Waals surface area (Å²) in [5.74, 6) is -0.857. The van der Waals surface area contributed by atoms with Crippen LogP contribution >= 0.6 is 0 Å². The van der Waals surface area contributed by atoms with Crippen LogP contribution < -0.4 is 4.90 Å². The molecule has 0 bridgehead atoms. The van der Waals surface area contributed by atoms with Crippen molar-refractivity contribution in [2.45, 2.75) is 25.4 Å². The van der Waals surface area contributed by atoms with Crippen LogP contribution in [0.3, 0.4) is 0 Å². The molecule has 0 aromatic heterocycles. The normalized spacial score (nSPS) is 15.9. The molecule has 1 aliphatic rings. The summed E-state index contributed by atoms with van der Waals surface area (Å²) in [6, 6.07) is 6.60. The maximum Gasteiger partial charge on any atom is 0.305 e. The molecule has 0 spiro atoms. The van der Waals surface area contributed by atoms with Gasteiger partial charge in [-0.1, -0.05) is 6.07 Å². The molecule has 0 atom stereocenters. The van der Waals surface area contributed by atoms with Gasteiger partial charge in [0, 0.05) is 30.9 Å². The van der Waals surface area contributed by atoms with E-state index in [1.165, 1.54) is 6.07 Å². The Morgan fingerprint density at radius 3 is 2.76 bits per heavy atom. The number of nitrogens with zero attached hydrogens (tertiary/aromatic N) is 2. The zero-order chi connectivity index (χ0) is 15.2. The fourth-order valence-corrected chi connectivity index (χ4v) is 2.40. The van der Waals surface area contributed by atoms with Crippen LogP contribution in [0, 0.1) is 10.1 Å². The van der Waals surface area contributed by atoms with Crippen LogP contribution in [-0.4, -0.2) is 41.8 Å². The van der Waals surface area contributed by atoms with E-state index in [-0.39, 0.29) is 24.8 Å². The van der Waals surface area contributed by atoms with Crippen LogP contribution in [0.5, 0.6) is 0 Å². The standard InChI is InChI=1S/C14H18N2O5/c17-14(18)6-9-21-13-4-7-15(8-5-13)11-2-1-3-12(10-11)16(19)20/h1-3,10,13H,4-9H2,(H,17,18). The first kappa shape index (κ1) is 15.2. The zero-order valence-electron chi connectivity index (χ0n) is 11.6. The second-order valence-electron chi connectivity index (χ2n) is 4.98. The van der Waals surface area contributed by atoms with Gasteiger partial charge in [-0.25, -0.2) is 0 Å². The van der Waals surface area contributed by atoms with E-state index in [0.29, 0.717) is 0 Å². The molecule has 1 aliphatic heterocycles. The molecule has 21 heavy (non-hydrogen) atoms. The van der Waals surface area contributed by atoms with Gasteiger partial charge in [-0.3, -0.25) is 14.9 Å². The first-order valence-corrected chi connectivity index (χ1v) is 6.89. The average molecular weight is 294 g/mol. The van der Waals surface area contributed by atoms with Crippen molar-refractivity contribution >= 4 is 17.3 Å². The summed E-state index contributed by atoms with van der Waals surface area (Å²) in [7, 11) is 0. The fraction of sp³-hybridized carbons (Fsp3) is 0.500. The molecular weight excluding hydrogens is 276 g/mol. The largest absolute Gasteiger partial charge is 0.481 e. The van der Waals surface area contributed by atoms with Crippen LogP contribution in [0.1, 0.15) is 19.3 Å². The molecule has 0 aliphatic carbocycles. The lowest BCUT2D eigenvalue weighted by molar-refractivity contribution is -0.384. The number of carbonyl (C=O) groups is 1. The minimum Gasteiger partial charge on any atom is -0.481 e. The number of carboxylic acids is 1. The van der Waals surface area contributed by atoms with Crippen molar-refractivity contribution in [1.82, 2.24) is 0 Å². The smallest absolute Gasteiger partial charge is 0.305 e. The number of hydrogen-bond acceptors (Lipinski definition) is 5. The third-order valence-corrected chi connectivity index (χ3v) is 3.52. The van der Waals surface area contributed by atoms with Crippen LogP contribution in [0.4, 0.5) is 11.4 Å². The number of carboxylic acid groups (broad SMARTS) is 1. The molecule has 0 amide bonds. The van der Waals surface area contributed by atoms with E-state index in [1.807, 2.05) is 6.07 Å².